The lowest BCUT2D eigenvalue weighted by atomic mass is 9.62. The molecule has 1 unspecified atom stereocenters. The van der Waals surface area contributed by atoms with Gasteiger partial charge in [-0.3, -0.25) is 4.79 Å². The summed E-state index contributed by atoms with van der Waals surface area (Å²) >= 11 is 0. The zero-order chi connectivity index (χ0) is 27.3. The minimum Gasteiger partial charge on any atom is -0.411 e. The molecule has 0 aromatic rings. The lowest BCUT2D eigenvalue weighted by molar-refractivity contribution is -0.130. The van der Waals surface area contributed by atoms with Crippen molar-refractivity contribution in [3.63, 3.8) is 0 Å². The fourth-order valence-electron chi connectivity index (χ4n) is 6.48. The maximum absolute atomic E-state index is 12.7. The van der Waals surface area contributed by atoms with E-state index in [1.54, 1.807) is 0 Å². The van der Waals surface area contributed by atoms with Gasteiger partial charge in [0.15, 0.2) is 16.6 Å². The van der Waals surface area contributed by atoms with Crippen LogP contribution in [0.5, 0.6) is 0 Å². The van der Waals surface area contributed by atoms with E-state index in [0.717, 1.165) is 32.1 Å². The van der Waals surface area contributed by atoms with Crippen molar-refractivity contribution in [1.29, 1.82) is 0 Å². The summed E-state index contributed by atoms with van der Waals surface area (Å²) in [7, 11) is -3.91. The van der Waals surface area contributed by atoms with Crippen LogP contribution in [0.4, 0.5) is 0 Å². The van der Waals surface area contributed by atoms with Gasteiger partial charge >= 0.3 is 0 Å². The van der Waals surface area contributed by atoms with Crippen molar-refractivity contribution in [2.24, 2.45) is 23.2 Å². The lowest BCUT2D eigenvalue weighted by Gasteiger charge is -2.49. The number of fused-ring (bicyclic) bond motifs is 1. The van der Waals surface area contributed by atoms with Crippen molar-refractivity contribution < 1.29 is 13.6 Å². The first-order valence-corrected chi connectivity index (χ1v) is 20.3. The van der Waals surface area contributed by atoms with Crippen LogP contribution in [0.2, 0.25) is 36.3 Å². The van der Waals surface area contributed by atoms with E-state index in [0.29, 0.717) is 23.5 Å². The highest BCUT2D eigenvalue weighted by Crippen LogP contribution is 2.57. The van der Waals surface area contributed by atoms with E-state index in [9.17, 15) is 4.79 Å². The summed E-state index contributed by atoms with van der Waals surface area (Å²) in [6.45, 7) is 32.9. The second kappa shape index (κ2) is 10.3. The van der Waals surface area contributed by atoms with Gasteiger partial charge in [-0.25, -0.2) is 0 Å². The molecule has 0 heterocycles. The molecule has 0 aromatic carbocycles. The molecule has 0 bridgehead atoms. The van der Waals surface area contributed by atoms with Crippen molar-refractivity contribution in [2.75, 3.05) is 0 Å². The SMILES string of the molecule is C[C@H](CC[C@H](O[Si](C)(C)C(C)(C)C)C(C)(C)O[Si](C)(C)C(C)(C)C)[C@H]1CCC2C(=O)CCC[C@@]21C. The standard InChI is InChI=1S/C30H60O3Si2/c1-22(23-18-19-24-25(31)16-15-21-30(23,24)10)17-20-26(32-34(11,12)27(2,3)4)29(8,9)33-35(13,14)28(5,6)7/h22-24,26H,15-21H2,1-14H3/t22-,23-,24?,26+,30-/m1/s1. The molecule has 3 nitrogen and oxygen atoms in total. The van der Waals surface area contributed by atoms with Gasteiger partial charge in [0, 0.05) is 12.3 Å². The topological polar surface area (TPSA) is 35.5 Å². The first kappa shape index (κ1) is 31.2. The fraction of sp³-hybridized carbons (Fsp3) is 0.967. The molecule has 0 N–H and O–H groups in total. The minimum atomic E-state index is -1.96. The molecule has 0 aliphatic heterocycles. The van der Waals surface area contributed by atoms with Crippen molar-refractivity contribution in [1.82, 2.24) is 0 Å². The minimum absolute atomic E-state index is 0.0814. The predicted molar refractivity (Wildman–Crippen MR) is 156 cm³/mol. The third-order valence-electron chi connectivity index (χ3n) is 10.9. The van der Waals surface area contributed by atoms with E-state index < -0.39 is 16.6 Å². The summed E-state index contributed by atoms with van der Waals surface area (Å²) in [5.74, 6) is 2.10. The molecule has 2 aliphatic carbocycles. The molecule has 0 radical (unpaired) electrons. The Labute approximate surface area is 221 Å². The van der Waals surface area contributed by atoms with Gasteiger partial charge in [0.1, 0.15) is 5.78 Å². The fourth-order valence-corrected chi connectivity index (χ4v) is 9.70. The number of rotatable bonds is 9. The summed E-state index contributed by atoms with van der Waals surface area (Å²) in [5, 5.41) is 0.332. The predicted octanol–water partition coefficient (Wildman–Crippen LogP) is 9.38. The van der Waals surface area contributed by atoms with E-state index in [1.165, 1.54) is 12.8 Å². The van der Waals surface area contributed by atoms with E-state index in [-0.39, 0.29) is 27.2 Å². The molecule has 0 aromatic heterocycles. The van der Waals surface area contributed by atoms with Crippen LogP contribution in [0.25, 0.3) is 0 Å². The Hall–Kier alpha value is 0.0238. The molecule has 2 rings (SSSR count). The average molecular weight is 525 g/mol. The number of ketones is 1. The number of Topliss-reactive ketones (excluding diaryl/α,β-unsaturated/α-hetero) is 1. The van der Waals surface area contributed by atoms with Crippen molar-refractivity contribution in [3.05, 3.63) is 0 Å². The third-order valence-corrected chi connectivity index (χ3v) is 20.0. The van der Waals surface area contributed by atoms with Gasteiger partial charge in [-0.2, -0.15) is 0 Å². The van der Waals surface area contributed by atoms with Gasteiger partial charge in [-0.15, -0.1) is 0 Å². The zero-order valence-electron chi connectivity index (χ0n) is 26.0. The molecule has 0 saturated heterocycles. The highest BCUT2D eigenvalue weighted by molar-refractivity contribution is 6.74. The normalized spacial score (nSPS) is 28.7. The van der Waals surface area contributed by atoms with Crippen molar-refractivity contribution in [3.8, 4) is 0 Å². The molecular weight excluding hydrogens is 464 g/mol. The van der Waals surface area contributed by atoms with Crippen LogP contribution in [0.1, 0.15) is 114 Å². The van der Waals surface area contributed by atoms with E-state index in [1.807, 2.05) is 0 Å². The van der Waals surface area contributed by atoms with Crippen LogP contribution < -0.4 is 0 Å². The smallest absolute Gasteiger partial charge is 0.192 e. The van der Waals surface area contributed by atoms with E-state index >= 15 is 0 Å². The molecule has 0 spiro atoms. The number of carbonyl (C=O) groups is 1. The quantitative estimate of drug-likeness (QED) is 0.282. The van der Waals surface area contributed by atoms with Crippen LogP contribution >= 0.6 is 0 Å². The van der Waals surface area contributed by atoms with Gasteiger partial charge in [0.25, 0.3) is 0 Å². The molecule has 2 fully saturated rings. The molecule has 5 atom stereocenters. The first-order valence-electron chi connectivity index (χ1n) is 14.5. The van der Waals surface area contributed by atoms with E-state index in [2.05, 4.69) is 95.4 Å². The molecule has 35 heavy (non-hydrogen) atoms. The van der Waals surface area contributed by atoms with Gasteiger partial charge < -0.3 is 8.85 Å². The van der Waals surface area contributed by atoms with Crippen molar-refractivity contribution >= 4 is 22.4 Å². The first-order chi connectivity index (χ1) is 15.6. The van der Waals surface area contributed by atoms with Crippen LogP contribution in [0.3, 0.4) is 0 Å². The van der Waals surface area contributed by atoms with Gasteiger partial charge in [-0.05, 0) is 106 Å². The lowest BCUT2D eigenvalue weighted by Crippen LogP contribution is -2.56. The Kier molecular flexibility index (Phi) is 9.19. The van der Waals surface area contributed by atoms with E-state index in [4.69, 9.17) is 8.85 Å². The van der Waals surface area contributed by atoms with Crippen LogP contribution in [0, 0.1) is 23.2 Å². The molecule has 0 amide bonds. The summed E-state index contributed by atoms with van der Waals surface area (Å²) < 4.78 is 14.2. The van der Waals surface area contributed by atoms with Gasteiger partial charge in [0.2, 0.25) is 0 Å². The summed E-state index contributed by atoms with van der Waals surface area (Å²) in [6, 6.07) is 0. The molecular formula is C30H60O3Si2. The Morgan fingerprint density at radius 1 is 0.914 bits per heavy atom. The molecule has 206 valence electrons. The summed E-state index contributed by atoms with van der Waals surface area (Å²) in [4.78, 5) is 12.7. The maximum Gasteiger partial charge on any atom is 0.192 e. The summed E-state index contributed by atoms with van der Waals surface area (Å²) in [5.41, 5.74) is -0.126. The third kappa shape index (κ3) is 6.73. The molecule has 2 saturated carbocycles. The maximum atomic E-state index is 12.7. The second-order valence-corrected chi connectivity index (χ2v) is 25.4. The highest BCUT2D eigenvalue weighted by atomic mass is 28.4. The van der Waals surface area contributed by atoms with Crippen LogP contribution in [-0.2, 0) is 13.6 Å². The zero-order valence-corrected chi connectivity index (χ0v) is 28.0. The Bertz CT molecular complexity index is 744. The molecule has 2 aliphatic rings. The average Bonchev–Trinajstić information content (AvgIpc) is 3.00. The van der Waals surface area contributed by atoms with Gasteiger partial charge in [0.05, 0.1) is 11.7 Å². The highest BCUT2D eigenvalue weighted by Gasteiger charge is 2.53. The largest absolute Gasteiger partial charge is 0.411 e. The monoisotopic (exact) mass is 524 g/mol. The molecule has 5 heteroatoms. The summed E-state index contributed by atoms with van der Waals surface area (Å²) in [6.07, 6.45) is 7.69. The Morgan fingerprint density at radius 2 is 1.46 bits per heavy atom. The van der Waals surface area contributed by atoms with Crippen molar-refractivity contribution in [2.45, 2.75) is 162 Å². The number of carbonyl (C=O) groups excluding carboxylic acids is 1. The second-order valence-electron chi connectivity index (χ2n) is 15.9. The number of hydrogen-bond donors (Lipinski definition) is 0. The van der Waals surface area contributed by atoms with Crippen LogP contribution in [-0.4, -0.2) is 34.1 Å². The van der Waals surface area contributed by atoms with Crippen LogP contribution in [0.15, 0.2) is 0 Å². The Morgan fingerprint density at radius 3 is 1.97 bits per heavy atom. The Balaban J connectivity index is 2.25. The van der Waals surface area contributed by atoms with Gasteiger partial charge in [-0.1, -0.05) is 55.4 Å². The number of hydrogen-bond acceptors (Lipinski definition) is 3.